The summed E-state index contributed by atoms with van der Waals surface area (Å²) in [4.78, 5) is 0. The summed E-state index contributed by atoms with van der Waals surface area (Å²) in [6, 6.07) is 0. The molecule has 4 aliphatic rings. The van der Waals surface area contributed by atoms with Crippen LogP contribution in [0.2, 0.25) is 0 Å². The van der Waals surface area contributed by atoms with Gasteiger partial charge in [-0.1, -0.05) is 25.5 Å². The first-order chi connectivity index (χ1) is 11.1. The Kier molecular flexibility index (Phi) is 4.52. The van der Waals surface area contributed by atoms with E-state index in [1.807, 2.05) is 0 Å². The van der Waals surface area contributed by atoms with Crippen LogP contribution in [-0.2, 0) is 18.9 Å². The first-order valence-electron chi connectivity index (χ1n) is 9.35. The maximum Gasteiger partial charge on any atom is 0.181 e. The van der Waals surface area contributed by atoms with Crippen LogP contribution in [-0.4, -0.2) is 38.0 Å². The summed E-state index contributed by atoms with van der Waals surface area (Å²) in [5.41, 5.74) is 1.95. The van der Waals surface area contributed by atoms with E-state index in [-0.39, 0.29) is 12.6 Å². The van der Waals surface area contributed by atoms with Gasteiger partial charge in [-0.15, -0.1) is 0 Å². The van der Waals surface area contributed by atoms with Crippen molar-refractivity contribution in [1.82, 2.24) is 0 Å². The van der Waals surface area contributed by atoms with E-state index in [1.54, 1.807) is 5.57 Å². The first kappa shape index (κ1) is 16.1. The van der Waals surface area contributed by atoms with Gasteiger partial charge in [0.1, 0.15) is 13.2 Å². The predicted molar refractivity (Wildman–Crippen MR) is 86.9 cm³/mol. The topological polar surface area (TPSA) is 43.5 Å². The summed E-state index contributed by atoms with van der Waals surface area (Å²) in [6.07, 6.45) is 11.7. The molecule has 4 rings (SSSR count). The molecule has 0 radical (unpaired) electrons. The summed E-state index contributed by atoms with van der Waals surface area (Å²) < 4.78 is 22.1. The van der Waals surface area contributed by atoms with Gasteiger partial charge in [0.2, 0.25) is 0 Å². The Labute approximate surface area is 139 Å². The van der Waals surface area contributed by atoms with Gasteiger partial charge < -0.3 is 18.9 Å². The van der Waals surface area contributed by atoms with Gasteiger partial charge in [-0.25, -0.2) is 0 Å². The van der Waals surface area contributed by atoms with Gasteiger partial charge in [0.05, 0.1) is 12.2 Å². The molecule has 2 heterocycles. The fourth-order valence-corrected chi connectivity index (χ4v) is 4.37. The Morgan fingerprint density at radius 1 is 0.913 bits per heavy atom. The SMILES string of the molecule is CC(C)(C1=CCC(OC2CO2)CC1)C1CCC(OC2CO2)CC1. The Bertz CT molecular complexity index is 442. The summed E-state index contributed by atoms with van der Waals surface area (Å²) in [7, 11) is 0. The van der Waals surface area contributed by atoms with E-state index < -0.39 is 0 Å². The van der Waals surface area contributed by atoms with Crippen molar-refractivity contribution in [2.75, 3.05) is 13.2 Å². The highest BCUT2D eigenvalue weighted by Crippen LogP contribution is 2.47. The lowest BCUT2D eigenvalue weighted by molar-refractivity contribution is -0.0422. The van der Waals surface area contributed by atoms with Crippen molar-refractivity contribution in [3.05, 3.63) is 11.6 Å². The molecule has 3 fully saturated rings. The van der Waals surface area contributed by atoms with Crippen molar-refractivity contribution in [3.8, 4) is 0 Å². The summed E-state index contributed by atoms with van der Waals surface area (Å²) in [5, 5.41) is 0. The van der Waals surface area contributed by atoms with Gasteiger partial charge in [0.25, 0.3) is 0 Å². The van der Waals surface area contributed by atoms with E-state index in [0.717, 1.165) is 32.0 Å². The molecular formula is C19H30O4. The minimum atomic E-state index is 0.0914. The molecule has 4 nitrogen and oxygen atoms in total. The van der Waals surface area contributed by atoms with Gasteiger partial charge in [-0.3, -0.25) is 0 Å². The lowest BCUT2D eigenvalue weighted by atomic mass is 9.64. The van der Waals surface area contributed by atoms with Crippen LogP contribution < -0.4 is 0 Å². The van der Waals surface area contributed by atoms with Gasteiger partial charge in [-0.05, 0) is 56.3 Å². The van der Waals surface area contributed by atoms with Gasteiger partial charge >= 0.3 is 0 Å². The Hall–Kier alpha value is -0.420. The highest BCUT2D eigenvalue weighted by molar-refractivity contribution is 5.17. The van der Waals surface area contributed by atoms with Crippen molar-refractivity contribution < 1.29 is 18.9 Å². The monoisotopic (exact) mass is 322 g/mol. The number of allylic oxidation sites excluding steroid dienone is 1. The number of hydrogen-bond acceptors (Lipinski definition) is 4. The van der Waals surface area contributed by atoms with Crippen LogP contribution in [0, 0.1) is 11.3 Å². The van der Waals surface area contributed by atoms with E-state index in [0.29, 0.717) is 17.6 Å². The molecule has 2 aliphatic carbocycles. The molecular weight excluding hydrogens is 292 g/mol. The summed E-state index contributed by atoms with van der Waals surface area (Å²) >= 11 is 0. The van der Waals surface area contributed by atoms with E-state index in [9.17, 15) is 0 Å². The average Bonchev–Trinajstić information content (AvgIpc) is 3.45. The molecule has 1 saturated carbocycles. The zero-order valence-corrected chi connectivity index (χ0v) is 14.5. The normalized spacial score (nSPS) is 40.6. The number of rotatable bonds is 6. The Morgan fingerprint density at radius 3 is 2.04 bits per heavy atom. The van der Waals surface area contributed by atoms with Crippen molar-refractivity contribution in [2.24, 2.45) is 11.3 Å². The standard InChI is InChI=1S/C19H30O4/c1-19(2,13-3-7-15(8-4-13)22-17-11-20-17)14-5-9-16(10-6-14)23-18-12-21-18/h3,14-18H,4-12H2,1-2H3. The molecule has 0 amide bonds. The molecule has 2 aliphatic heterocycles. The quantitative estimate of drug-likeness (QED) is 0.551. The molecule has 130 valence electrons. The maximum atomic E-state index is 5.90. The molecule has 3 unspecified atom stereocenters. The van der Waals surface area contributed by atoms with Crippen LogP contribution >= 0.6 is 0 Å². The van der Waals surface area contributed by atoms with E-state index >= 15 is 0 Å². The summed E-state index contributed by atoms with van der Waals surface area (Å²) in [5.74, 6) is 0.776. The van der Waals surface area contributed by atoms with Gasteiger partial charge in [0.15, 0.2) is 12.6 Å². The van der Waals surface area contributed by atoms with Crippen molar-refractivity contribution >= 4 is 0 Å². The third-order valence-corrected chi connectivity index (χ3v) is 6.18. The van der Waals surface area contributed by atoms with Crippen molar-refractivity contribution in [1.29, 1.82) is 0 Å². The van der Waals surface area contributed by atoms with E-state index in [2.05, 4.69) is 19.9 Å². The fourth-order valence-electron chi connectivity index (χ4n) is 4.37. The Morgan fingerprint density at radius 2 is 1.52 bits per heavy atom. The van der Waals surface area contributed by atoms with Crippen LogP contribution in [0.15, 0.2) is 11.6 Å². The fraction of sp³-hybridized carbons (Fsp3) is 0.895. The second kappa shape index (κ2) is 6.47. The van der Waals surface area contributed by atoms with E-state index in [4.69, 9.17) is 18.9 Å². The molecule has 4 heteroatoms. The highest BCUT2D eigenvalue weighted by atomic mass is 16.8. The first-order valence-corrected chi connectivity index (χ1v) is 9.35. The molecule has 0 N–H and O–H groups in total. The molecule has 0 aromatic rings. The highest BCUT2D eigenvalue weighted by Gasteiger charge is 2.39. The second-order valence-electron chi connectivity index (χ2n) is 8.12. The minimum absolute atomic E-state index is 0.0914. The van der Waals surface area contributed by atoms with Crippen LogP contribution in [0.3, 0.4) is 0 Å². The average molecular weight is 322 g/mol. The number of hydrogen-bond donors (Lipinski definition) is 0. The number of ether oxygens (including phenoxy) is 4. The van der Waals surface area contributed by atoms with Crippen LogP contribution in [0.25, 0.3) is 0 Å². The van der Waals surface area contributed by atoms with Gasteiger partial charge in [-0.2, -0.15) is 0 Å². The van der Waals surface area contributed by atoms with Gasteiger partial charge in [0, 0.05) is 0 Å². The molecule has 0 aromatic carbocycles. The molecule has 23 heavy (non-hydrogen) atoms. The number of epoxide rings is 2. The molecule has 3 atom stereocenters. The van der Waals surface area contributed by atoms with E-state index in [1.165, 1.54) is 32.1 Å². The molecule has 0 bridgehead atoms. The summed E-state index contributed by atoms with van der Waals surface area (Å²) in [6.45, 7) is 6.48. The predicted octanol–water partition coefficient (Wildman–Crippen LogP) is 3.80. The zero-order chi connectivity index (χ0) is 15.9. The lowest BCUT2D eigenvalue weighted by Gasteiger charge is -2.42. The Balaban J connectivity index is 1.29. The van der Waals surface area contributed by atoms with Crippen LogP contribution in [0.1, 0.15) is 58.8 Å². The minimum Gasteiger partial charge on any atom is -0.347 e. The van der Waals surface area contributed by atoms with Crippen molar-refractivity contribution in [3.63, 3.8) is 0 Å². The zero-order valence-electron chi connectivity index (χ0n) is 14.5. The van der Waals surface area contributed by atoms with Crippen molar-refractivity contribution in [2.45, 2.75) is 83.6 Å². The second-order valence-corrected chi connectivity index (χ2v) is 8.12. The molecule has 0 spiro atoms. The smallest absolute Gasteiger partial charge is 0.181 e. The van der Waals surface area contributed by atoms with Crippen LogP contribution in [0.4, 0.5) is 0 Å². The van der Waals surface area contributed by atoms with Crippen LogP contribution in [0.5, 0.6) is 0 Å². The maximum absolute atomic E-state index is 5.90. The molecule has 2 saturated heterocycles. The third-order valence-electron chi connectivity index (χ3n) is 6.18. The lowest BCUT2D eigenvalue weighted by Crippen LogP contribution is -2.34. The largest absolute Gasteiger partial charge is 0.347 e. The molecule has 0 aromatic heterocycles. The third kappa shape index (κ3) is 3.98.